The maximum atomic E-state index is 12.6. The van der Waals surface area contributed by atoms with E-state index in [1.807, 2.05) is 17.0 Å². The van der Waals surface area contributed by atoms with Crippen LogP contribution in [0, 0.1) is 0 Å². The molecule has 1 aliphatic rings. The van der Waals surface area contributed by atoms with E-state index in [0.29, 0.717) is 17.8 Å². The molecular formula is C16H25N3O. The average molecular weight is 275 g/mol. The molecule has 4 heteroatoms. The summed E-state index contributed by atoms with van der Waals surface area (Å²) in [4.78, 5) is 18.9. The lowest BCUT2D eigenvalue weighted by atomic mass is 9.97. The standard InChI is InChI=1S/C16H25N3O/c1-4-10-17-14-8-9-15(18-11-14)16(20)19-12(2)6-5-7-13(19)3/h8-9,11-13,17H,4-7,10H2,1-3H3/t12-,13+. The first-order chi connectivity index (χ1) is 9.63. The van der Waals surface area contributed by atoms with Gasteiger partial charge < -0.3 is 10.2 Å². The molecule has 1 aromatic heterocycles. The number of carbonyl (C=O) groups is 1. The monoisotopic (exact) mass is 275 g/mol. The van der Waals surface area contributed by atoms with Crippen molar-refractivity contribution in [3.63, 3.8) is 0 Å². The summed E-state index contributed by atoms with van der Waals surface area (Å²) in [6, 6.07) is 4.39. The number of hydrogen-bond donors (Lipinski definition) is 1. The van der Waals surface area contributed by atoms with E-state index in [9.17, 15) is 4.79 Å². The molecule has 20 heavy (non-hydrogen) atoms. The molecule has 1 amide bonds. The minimum atomic E-state index is 0.0618. The molecule has 0 radical (unpaired) electrons. The molecule has 4 nitrogen and oxygen atoms in total. The van der Waals surface area contributed by atoms with Gasteiger partial charge in [0.15, 0.2) is 0 Å². The zero-order chi connectivity index (χ0) is 14.5. The molecule has 2 heterocycles. The SMILES string of the molecule is CCCNc1ccc(C(=O)N2[C@H](C)CCC[C@@H]2C)nc1. The Morgan fingerprint density at radius 2 is 2.05 bits per heavy atom. The normalized spacial score (nSPS) is 22.6. The van der Waals surface area contributed by atoms with Crippen LogP contribution in [0.15, 0.2) is 18.3 Å². The Morgan fingerprint density at radius 3 is 2.60 bits per heavy atom. The van der Waals surface area contributed by atoms with E-state index in [4.69, 9.17) is 0 Å². The predicted octanol–water partition coefficient (Wildman–Crippen LogP) is 3.31. The number of nitrogens with zero attached hydrogens (tertiary/aromatic N) is 2. The Labute approximate surface area is 121 Å². The van der Waals surface area contributed by atoms with Crippen molar-refractivity contribution >= 4 is 11.6 Å². The third-order valence-corrected chi connectivity index (χ3v) is 3.99. The van der Waals surface area contributed by atoms with Gasteiger partial charge in [-0.2, -0.15) is 0 Å². The lowest BCUT2D eigenvalue weighted by molar-refractivity contribution is 0.0504. The van der Waals surface area contributed by atoms with E-state index in [0.717, 1.165) is 31.5 Å². The zero-order valence-corrected chi connectivity index (χ0v) is 12.7. The highest BCUT2D eigenvalue weighted by molar-refractivity contribution is 5.93. The summed E-state index contributed by atoms with van der Waals surface area (Å²) in [6.07, 6.45) is 6.21. The van der Waals surface area contributed by atoms with Gasteiger partial charge in [0.2, 0.25) is 0 Å². The minimum Gasteiger partial charge on any atom is -0.384 e. The second kappa shape index (κ2) is 6.73. The van der Waals surface area contributed by atoms with Crippen LogP contribution in [0.5, 0.6) is 0 Å². The van der Waals surface area contributed by atoms with Crippen LogP contribution in [-0.2, 0) is 0 Å². The van der Waals surface area contributed by atoms with Crippen LogP contribution in [0.4, 0.5) is 5.69 Å². The van der Waals surface area contributed by atoms with Crippen molar-refractivity contribution in [1.82, 2.24) is 9.88 Å². The highest BCUT2D eigenvalue weighted by Gasteiger charge is 2.30. The van der Waals surface area contributed by atoms with Crippen LogP contribution in [0.1, 0.15) is 56.9 Å². The van der Waals surface area contributed by atoms with Crippen molar-refractivity contribution in [1.29, 1.82) is 0 Å². The van der Waals surface area contributed by atoms with Gasteiger partial charge in [-0.1, -0.05) is 6.92 Å². The Bertz CT molecular complexity index is 434. The van der Waals surface area contributed by atoms with Gasteiger partial charge in [-0.3, -0.25) is 4.79 Å². The number of pyridine rings is 1. The smallest absolute Gasteiger partial charge is 0.272 e. The molecule has 1 N–H and O–H groups in total. The van der Waals surface area contributed by atoms with Crippen molar-refractivity contribution in [2.24, 2.45) is 0 Å². The lowest BCUT2D eigenvalue weighted by Crippen LogP contribution is -2.47. The van der Waals surface area contributed by atoms with E-state index < -0.39 is 0 Å². The van der Waals surface area contributed by atoms with E-state index in [1.54, 1.807) is 6.20 Å². The van der Waals surface area contributed by atoms with Gasteiger partial charge in [-0.05, 0) is 51.7 Å². The average Bonchev–Trinajstić information content (AvgIpc) is 2.45. The van der Waals surface area contributed by atoms with Gasteiger partial charge in [-0.15, -0.1) is 0 Å². The van der Waals surface area contributed by atoms with Gasteiger partial charge in [0.05, 0.1) is 11.9 Å². The summed E-state index contributed by atoms with van der Waals surface area (Å²) in [5, 5.41) is 3.27. The van der Waals surface area contributed by atoms with E-state index in [1.165, 1.54) is 6.42 Å². The zero-order valence-electron chi connectivity index (χ0n) is 12.7. The molecule has 0 aliphatic carbocycles. The quantitative estimate of drug-likeness (QED) is 0.917. The topological polar surface area (TPSA) is 45.2 Å². The summed E-state index contributed by atoms with van der Waals surface area (Å²) in [5.41, 5.74) is 1.52. The van der Waals surface area contributed by atoms with E-state index in [2.05, 4.69) is 31.1 Å². The first kappa shape index (κ1) is 14.8. The molecule has 2 atom stereocenters. The first-order valence-electron chi connectivity index (χ1n) is 7.66. The van der Waals surface area contributed by atoms with Crippen LogP contribution >= 0.6 is 0 Å². The number of anilines is 1. The second-order valence-corrected chi connectivity index (χ2v) is 5.70. The fourth-order valence-corrected chi connectivity index (χ4v) is 2.85. The fraction of sp³-hybridized carbons (Fsp3) is 0.625. The summed E-state index contributed by atoms with van der Waals surface area (Å²) in [6.45, 7) is 7.31. The molecule has 0 unspecified atom stereocenters. The van der Waals surface area contributed by atoms with Crippen molar-refractivity contribution in [3.05, 3.63) is 24.0 Å². The van der Waals surface area contributed by atoms with Crippen LogP contribution < -0.4 is 5.32 Å². The third kappa shape index (κ3) is 3.30. The maximum Gasteiger partial charge on any atom is 0.272 e. The van der Waals surface area contributed by atoms with Crippen LogP contribution in [0.2, 0.25) is 0 Å². The fourth-order valence-electron chi connectivity index (χ4n) is 2.85. The third-order valence-electron chi connectivity index (χ3n) is 3.99. The molecular weight excluding hydrogens is 250 g/mol. The van der Waals surface area contributed by atoms with Crippen molar-refractivity contribution in [2.75, 3.05) is 11.9 Å². The number of likely N-dealkylation sites (tertiary alicyclic amines) is 1. The van der Waals surface area contributed by atoms with Gasteiger partial charge in [-0.25, -0.2) is 4.98 Å². The van der Waals surface area contributed by atoms with Gasteiger partial charge >= 0.3 is 0 Å². The number of hydrogen-bond acceptors (Lipinski definition) is 3. The van der Waals surface area contributed by atoms with Crippen molar-refractivity contribution in [3.8, 4) is 0 Å². The molecule has 0 spiro atoms. The van der Waals surface area contributed by atoms with Gasteiger partial charge in [0.1, 0.15) is 5.69 Å². The number of carbonyl (C=O) groups excluding carboxylic acids is 1. The lowest BCUT2D eigenvalue weighted by Gasteiger charge is -2.38. The second-order valence-electron chi connectivity index (χ2n) is 5.70. The van der Waals surface area contributed by atoms with Crippen molar-refractivity contribution < 1.29 is 4.79 Å². The molecule has 0 saturated carbocycles. The van der Waals surface area contributed by atoms with Crippen LogP contribution in [0.3, 0.4) is 0 Å². The minimum absolute atomic E-state index is 0.0618. The summed E-state index contributed by atoms with van der Waals surface area (Å²) >= 11 is 0. The molecule has 1 saturated heterocycles. The van der Waals surface area contributed by atoms with Crippen LogP contribution in [-0.4, -0.2) is 34.4 Å². The molecule has 1 aliphatic heterocycles. The Kier molecular flexibility index (Phi) is 4.99. The van der Waals surface area contributed by atoms with Gasteiger partial charge in [0.25, 0.3) is 5.91 Å². The summed E-state index contributed by atoms with van der Waals surface area (Å²) in [5.74, 6) is 0.0618. The molecule has 110 valence electrons. The highest BCUT2D eigenvalue weighted by Crippen LogP contribution is 2.24. The number of rotatable bonds is 4. The Hall–Kier alpha value is -1.58. The number of amides is 1. The predicted molar refractivity (Wildman–Crippen MR) is 82.0 cm³/mol. The largest absolute Gasteiger partial charge is 0.384 e. The molecule has 1 fully saturated rings. The molecule has 1 aromatic rings. The number of aromatic nitrogens is 1. The number of nitrogens with one attached hydrogen (secondary N) is 1. The van der Waals surface area contributed by atoms with E-state index >= 15 is 0 Å². The van der Waals surface area contributed by atoms with Crippen molar-refractivity contribution in [2.45, 2.75) is 58.5 Å². The molecule has 0 bridgehead atoms. The highest BCUT2D eigenvalue weighted by atomic mass is 16.2. The molecule has 2 rings (SSSR count). The van der Waals surface area contributed by atoms with Gasteiger partial charge in [0, 0.05) is 18.6 Å². The Balaban J connectivity index is 2.08. The van der Waals surface area contributed by atoms with E-state index in [-0.39, 0.29) is 5.91 Å². The maximum absolute atomic E-state index is 12.6. The first-order valence-corrected chi connectivity index (χ1v) is 7.66. The Morgan fingerprint density at radius 1 is 1.35 bits per heavy atom. The number of piperidine rings is 1. The summed E-state index contributed by atoms with van der Waals surface area (Å²) < 4.78 is 0. The van der Waals surface area contributed by atoms with Crippen LogP contribution in [0.25, 0.3) is 0 Å². The summed E-state index contributed by atoms with van der Waals surface area (Å²) in [7, 11) is 0. The molecule has 0 aromatic carbocycles.